The van der Waals surface area contributed by atoms with Crippen LogP contribution in [-0.4, -0.2) is 10.1 Å². The lowest BCUT2D eigenvalue weighted by Gasteiger charge is -2.08. The Labute approximate surface area is 105 Å². The fraction of sp³-hybridized carbons (Fsp3) is 0.143. The van der Waals surface area contributed by atoms with Gasteiger partial charge in [-0.05, 0) is 30.7 Å². The highest BCUT2D eigenvalue weighted by Gasteiger charge is 2.07. The lowest BCUT2D eigenvalue weighted by molar-refractivity contribution is 0.198. The van der Waals surface area contributed by atoms with Gasteiger partial charge in [-0.3, -0.25) is 0 Å². The Bertz CT molecular complexity index is 588. The first-order valence-electron chi connectivity index (χ1n) is 5.51. The summed E-state index contributed by atoms with van der Waals surface area (Å²) in [5, 5.41) is 18.4. The number of benzene rings is 1. The number of nitrogens with zero attached hydrogens (tertiary/aromatic N) is 2. The third kappa shape index (κ3) is 2.65. The molecule has 1 atom stereocenters. The molecule has 4 nitrogen and oxygen atoms in total. The van der Waals surface area contributed by atoms with E-state index in [2.05, 4.69) is 11.1 Å². The summed E-state index contributed by atoms with van der Waals surface area (Å²) in [7, 11) is 0. The van der Waals surface area contributed by atoms with Gasteiger partial charge in [-0.25, -0.2) is 4.98 Å². The van der Waals surface area contributed by atoms with Crippen molar-refractivity contribution in [2.24, 2.45) is 0 Å². The maximum absolute atomic E-state index is 9.48. The van der Waals surface area contributed by atoms with E-state index in [9.17, 15) is 5.11 Å². The molecule has 0 spiro atoms. The second-order valence-corrected chi connectivity index (χ2v) is 3.81. The third-order valence-electron chi connectivity index (χ3n) is 2.46. The minimum Gasteiger partial charge on any atom is -0.438 e. The molecule has 1 N–H and O–H groups in total. The van der Waals surface area contributed by atoms with Crippen LogP contribution in [0.25, 0.3) is 0 Å². The molecule has 90 valence electrons. The van der Waals surface area contributed by atoms with E-state index in [0.29, 0.717) is 17.2 Å². The number of rotatable bonds is 3. The van der Waals surface area contributed by atoms with Crippen LogP contribution in [0.5, 0.6) is 11.6 Å². The van der Waals surface area contributed by atoms with E-state index in [1.54, 1.807) is 49.5 Å². The standard InChI is InChI=1S/C14H12N2O2/c1-10(17)11-6-7-16-14(8-11)18-13-5-3-2-4-12(13)9-15/h2-8,10,17H,1H3. The smallest absolute Gasteiger partial charge is 0.219 e. The van der Waals surface area contributed by atoms with Crippen LogP contribution < -0.4 is 4.74 Å². The van der Waals surface area contributed by atoms with Gasteiger partial charge in [0, 0.05) is 12.3 Å². The molecule has 1 heterocycles. The second kappa shape index (κ2) is 5.30. The first kappa shape index (κ1) is 12.1. The Hall–Kier alpha value is -2.38. The van der Waals surface area contributed by atoms with Crippen LogP contribution in [0.1, 0.15) is 24.2 Å². The van der Waals surface area contributed by atoms with E-state index in [-0.39, 0.29) is 0 Å². The number of aromatic nitrogens is 1. The van der Waals surface area contributed by atoms with E-state index in [1.165, 1.54) is 0 Å². The maximum atomic E-state index is 9.48. The maximum Gasteiger partial charge on any atom is 0.219 e. The number of hydrogen-bond donors (Lipinski definition) is 1. The topological polar surface area (TPSA) is 66.1 Å². The zero-order chi connectivity index (χ0) is 13.0. The quantitative estimate of drug-likeness (QED) is 0.895. The van der Waals surface area contributed by atoms with Crippen LogP contribution in [0.15, 0.2) is 42.6 Å². The summed E-state index contributed by atoms with van der Waals surface area (Å²) in [6.07, 6.45) is 0.980. The second-order valence-electron chi connectivity index (χ2n) is 3.81. The Kier molecular flexibility index (Phi) is 3.56. The molecule has 0 fully saturated rings. The largest absolute Gasteiger partial charge is 0.438 e. The molecule has 2 aromatic rings. The normalized spacial score (nSPS) is 11.6. The monoisotopic (exact) mass is 240 g/mol. The van der Waals surface area contributed by atoms with Crippen LogP contribution in [0, 0.1) is 11.3 Å². The summed E-state index contributed by atoms with van der Waals surface area (Å²) in [6, 6.07) is 12.4. The summed E-state index contributed by atoms with van der Waals surface area (Å²) < 4.78 is 5.55. The molecular formula is C14H12N2O2. The number of pyridine rings is 1. The summed E-state index contributed by atoms with van der Waals surface area (Å²) in [4.78, 5) is 4.05. The van der Waals surface area contributed by atoms with E-state index in [0.717, 1.165) is 5.56 Å². The summed E-state index contributed by atoms with van der Waals surface area (Å²) in [6.45, 7) is 1.67. The Morgan fingerprint density at radius 3 is 2.83 bits per heavy atom. The highest BCUT2D eigenvalue weighted by molar-refractivity contribution is 5.44. The fourth-order valence-corrected chi connectivity index (χ4v) is 1.50. The lowest BCUT2D eigenvalue weighted by Crippen LogP contribution is -1.95. The molecule has 0 bridgehead atoms. The van der Waals surface area contributed by atoms with Crippen LogP contribution >= 0.6 is 0 Å². The van der Waals surface area contributed by atoms with Crippen LogP contribution in [0.3, 0.4) is 0 Å². The van der Waals surface area contributed by atoms with Gasteiger partial charge in [0.1, 0.15) is 11.8 Å². The molecule has 1 aromatic carbocycles. The third-order valence-corrected chi connectivity index (χ3v) is 2.46. The van der Waals surface area contributed by atoms with Gasteiger partial charge in [0.05, 0.1) is 11.7 Å². The predicted octanol–water partition coefficient (Wildman–Crippen LogP) is 2.80. The molecule has 0 aliphatic heterocycles. The van der Waals surface area contributed by atoms with Gasteiger partial charge in [0.25, 0.3) is 0 Å². The minimum absolute atomic E-state index is 0.357. The molecule has 1 aromatic heterocycles. The van der Waals surface area contributed by atoms with Gasteiger partial charge in [-0.15, -0.1) is 0 Å². The van der Waals surface area contributed by atoms with Crippen molar-refractivity contribution in [2.75, 3.05) is 0 Å². The summed E-state index contributed by atoms with van der Waals surface area (Å²) in [5.74, 6) is 0.811. The Morgan fingerprint density at radius 1 is 1.33 bits per heavy atom. The van der Waals surface area contributed by atoms with E-state index < -0.39 is 6.10 Å². The van der Waals surface area contributed by atoms with E-state index in [4.69, 9.17) is 10.00 Å². The summed E-state index contributed by atoms with van der Waals surface area (Å²) >= 11 is 0. The van der Waals surface area contributed by atoms with E-state index in [1.807, 2.05) is 0 Å². The Morgan fingerprint density at radius 2 is 2.11 bits per heavy atom. The Balaban J connectivity index is 2.29. The van der Waals surface area contributed by atoms with Crippen molar-refractivity contribution in [3.05, 3.63) is 53.7 Å². The highest BCUT2D eigenvalue weighted by Crippen LogP contribution is 2.24. The highest BCUT2D eigenvalue weighted by atomic mass is 16.5. The van der Waals surface area contributed by atoms with Gasteiger partial charge >= 0.3 is 0 Å². The average molecular weight is 240 g/mol. The molecule has 0 amide bonds. The van der Waals surface area contributed by atoms with E-state index >= 15 is 0 Å². The minimum atomic E-state index is -0.582. The molecule has 18 heavy (non-hydrogen) atoms. The lowest BCUT2D eigenvalue weighted by atomic mass is 10.2. The molecule has 4 heteroatoms. The number of aliphatic hydroxyl groups is 1. The van der Waals surface area contributed by atoms with Crippen molar-refractivity contribution in [2.45, 2.75) is 13.0 Å². The molecule has 0 saturated carbocycles. The molecule has 0 saturated heterocycles. The van der Waals surface area contributed by atoms with Gasteiger partial charge in [0.15, 0.2) is 0 Å². The predicted molar refractivity (Wildman–Crippen MR) is 66.1 cm³/mol. The number of para-hydroxylation sites is 1. The molecular weight excluding hydrogens is 228 g/mol. The van der Waals surface area contributed by atoms with Gasteiger partial charge in [0.2, 0.25) is 5.88 Å². The van der Waals surface area contributed by atoms with Crippen LogP contribution in [0.2, 0.25) is 0 Å². The zero-order valence-corrected chi connectivity index (χ0v) is 9.87. The molecule has 0 radical (unpaired) electrons. The number of hydrogen-bond acceptors (Lipinski definition) is 4. The van der Waals surface area contributed by atoms with Crippen molar-refractivity contribution in [1.82, 2.24) is 4.98 Å². The van der Waals surface area contributed by atoms with Crippen molar-refractivity contribution in [3.63, 3.8) is 0 Å². The average Bonchev–Trinajstić information content (AvgIpc) is 2.39. The van der Waals surface area contributed by atoms with Crippen LogP contribution in [0.4, 0.5) is 0 Å². The first-order chi connectivity index (χ1) is 8.70. The number of aliphatic hydroxyl groups excluding tert-OH is 1. The van der Waals surface area contributed by atoms with Gasteiger partial charge < -0.3 is 9.84 Å². The zero-order valence-electron chi connectivity index (χ0n) is 9.87. The molecule has 0 aliphatic rings. The van der Waals surface area contributed by atoms with Gasteiger partial charge in [-0.2, -0.15) is 5.26 Å². The number of ether oxygens (including phenoxy) is 1. The SMILES string of the molecule is CC(O)c1ccnc(Oc2ccccc2C#N)c1. The van der Waals surface area contributed by atoms with Crippen molar-refractivity contribution < 1.29 is 9.84 Å². The summed E-state index contributed by atoms with van der Waals surface area (Å²) in [5.41, 5.74) is 1.16. The first-order valence-corrected chi connectivity index (χ1v) is 5.51. The molecule has 0 aliphatic carbocycles. The molecule has 2 rings (SSSR count). The van der Waals surface area contributed by atoms with Crippen molar-refractivity contribution in [1.29, 1.82) is 5.26 Å². The number of nitriles is 1. The van der Waals surface area contributed by atoms with Crippen molar-refractivity contribution in [3.8, 4) is 17.7 Å². The molecule has 1 unspecified atom stereocenters. The van der Waals surface area contributed by atoms with Gasteiger partial charge in [-0.1, -0.05) is 12.1 Å². The van der Waals surface area contributed by atoms with Crippen molar-refractivity contribution >= 4 is 0 Å². The van der Waals surface area contributed by atoms with Crippen LogP contribution in [-0.2, 0) is 0 Å². The fourth-order valence-electron chi connectivity index (χ4n) is 1.50.